The third-order valence-electron chi connectivity index (χ3n) is 4.35. The molecular weight excluding hydrogens is 254 g/mol. The van der Waals surface area contributed by atoms with E-state index in [9.17, 15) is 5.11 Å². The summed E-state index contributed by atoms with van der Waals surface area (Å²) in [5.41, 5.74) is -0.569. The van der Waals surface area contributed by atoms with Crippen LogP contribution < -0.4 is 5.32 Å². The topological polar surface area (TPSA) is 78.2 Å². The molecule has 0 radical (unpaired) electrons. The third kappa shape index (κ3) is 2.49. The summed E-state index contributed by atoms with van der Waals surface area (Å²) in [6, 6.07) is 5.47. The highest BCUT2D eigenvalue weighted by Crippen LogP contribution is 2.51. The highest BCUT2D eigenvalue weighted by Gasteiger charge is 2.59. The lowest BCUT2D eigenvalue weighted by Crippen LogP contribution is -2.67. The highest BCUT2D eigenvalue weighted by atomic mass is 16.5. The summed E-state index contributed by atoms with van der Waals surface area (Å²) in [6.45, 7) is 7.08. The SMILES string of the molecule is CCO[C@@H]1C[C@@](O)(CNc2ccc(C#N)cn2)C1(C)C. The van der Waals surface area contributed by atoms with Crippen LogP contribution in [0.5, 0.6) is 0 Å². The van der Waals surface area contributed by atoms with Crippen molar-refractivity contribution in [3.8, 4) is 6.07 Å². The molecule has 0 aromatic carbocycles. The van der Waals surface area contributed by atoms with Gasteiger partial charge in [-0.1, -0.05) is 13.8 Å². The van der Waals surface area contributed by atoms with E-state index >= 15 is 0 Å². The first-order valence-electron chi connectivity index (χ1n) is 6.87. The van der Waals surface area contributed by atoms with Crippen LogP contribution in [0.2, 0.25) is 0 Å². The van der Waals surface area contributed by atoms with Gasteiger partial charge in [0.25, 0.3) is 0 Å². The maximum absolute atomic E-state index is 10.7. The Kier molecular flexibility index (Phi) is 3.98. The van der Waals surface area contributed by atoms with Crippen molar-refractivity contribution in [1.29, 1.82) is 5.26 Å². The predicted molar refractivity (Wildman–Crippen MR) is 76.2 cm³/mol. The minimum absolute atomic E-state index is 0.0909. The van der Waals surface area contributed by atoms with Crippen molar-refractivity contribution in [3.05, 3.63) is 23.9 Å². The first kappa shape index (κ1) is 14.8. The molecule has 1 aliphatic carbocycles. The Morgan fingerprint density at radius 2 is 2.30 bits per heavy atom. The lowest BCUT2D eigenvalue weighted by Gasteiger charge is -2.58. The van der Waals surface area contributed by atoms with Gasteiger partial charge >= 0.3 is 0 Å². The van der Waals surface area contributed by atoms with Gasteiger partial charge in [-0.15, -0.1) is 0 Å². The molecule has 0 unspecified atom stereocenters. The number of pyridine rings is 1. The van der Waals surface area contributed by atoms with Gasteiger partial charge in [0.15, 0.2) is 0 Å². The molecule has 5 nitrogen and oxygen atoms in total. The van der Waals surface area contributed by atoms with Gasteiger partial charge < -0.3 is 15.2 Å². The van der Waals surface area contributed by atoms with E-state index in [0.29, 0.717) is 31.0 Å². The van der Waals surface area contributed by atoms with Gasteiger partial charge in [0.05, 0.1) is 17.3 Å². The lowest BCUT2D eigenvalue weighted by molar-refractivity contribution is -0.233. The van der Waals surface area contributed by atoms with Crippen molar-refractivity contribution in [3.63, 3.8) is 0 Å². The van der Waals surface area contributed by atoms with Gasteiger partial charge in [-0.2, -0.15) is 5.26 Å². The molecule has 1 fully saturated rings. The minimum atomic E-state index is -0.803. The number of hydrogen-bond acceptors (Lipinski definition) is 5. The first-order chi connectivity index (χ1) is 9.43. The number of ether oxygens (including phenoxy) is 1. The second-order valence-corrected chi connectivity index (χ2v) is 5.80. The molecule has 1 aliphatic rings. The van der Waals surface area contributed by atoms with Crippen LogP contribution in [-0.4, -0.2) is 34.9 Å². The van der Waals surface area contributed by atoms with E-state index in [-0.39, 0.29) is 11.5 Å². The number of nitrogens with zero attached hydrogens (tertiary/aromatic N) is 2. The molecule has 5 heteroatoms. The van der Waals surface area contributed by atoms with E-state index in [0.717, 1.165) is 0 Å². The van der Waals surface area contributed by atoms with E-state index in [1.165, 1.54) is 6.20 Å². The summed E-state index contributed by atoms with van der Waals surface area (Å²) in [6.07, 6.45) is 2.23. The number of anilines is 1. The zero-order valence-electron chi connectivity index (χ0n) is 12.2. The normalized spacial score (nSPS) is 27.4. The lowest BCUT2D eigenvalue weighted by atomic mass is 9.56. The Morgan fingerprint density at radius 1 is 1.55 bits per heavy atom. The van der Waals surface area contributed by atoms with Crippen molar-refractivity contribution in [1.82, 2.24) is 4.98 Å². The van der Waals surface area contributed by atoms with Crippen LogP contribution >= 0.6 is 0 Å². The van der Waals surface area contributed by atoms with Crippen LogP contribution in [0.4, 0.5) is 5.82 Å². The minimum Gasteiger partial charge on any atom is -0.387 e. The standard InChI is InChI=1S/C15H21N3O2/c1-4-20-12-7-15(19,14(12,2)3)10-18-13-6-5-11(8-16)9-17-13/h5-6,9,12,19H,4,7,10H2,1-3H3,(H,17,18)/t12-,15-/m1/s1. The number of nitriles is 1. The second-order valence-electron chi connectivity index (χ2n) is 5.80. The molecule has 0 saturated heterocycles. The molecule has 2 N–H and O–H groups in total. The monoisotopic (exact) mass is 275 g/mol. The van der Waals surface area contributed by atoms with Crippen molar-refractivity contribution in [2.24, 2.45) is 5.41 Å². The predicted octanol–water partition coefficient (Wildman–Crippen LogP) is 1.93. The van der Waals surface area contributed by atoms with Gasteiger partial charge in [-0.05, 0) is 19.1 Å². The van der Waals surface area contributed by atoms with Gasteiger partial charge in [0.1, 0.15) is 11.9 Å². The van der Waals surface area contributed by atoms with Crippen molar-refractivity contribution >= 4 is 5.82 Å². The maximum atomic E-state index is 10.7. The van der Waals surface area contributed by atoms with E-state index in [1.54, 1.807) is 12.1 Å². The number of aliphatic hydroxyl groups is 1. The van der Waals surface area contributed by atoms with Gasteiger partial charge in [0, 0.05) is 31.2 Å². The van der Waals surface area contributed by atoms with Gasteiger partial charge in [0.2, 0.25) is 0 Å². The average molecular weight is 275 g/mol. The van der Waals surface area contributed by atoms with Crippen LogP contribution in [0.15, 0.2) is 18.3 Å². The summed E-state index contributed by atoms with van der Waals surface area (Å²) in [4.78, 5) is 4.14. The van der Waals surface area contributed by atoms with E-state index < -0.39 is 5.60 Å². The molecule has 2 atom stereocenters. The maximum Gasteiger partial charge on any atom is 0.126 e. The van der Waals surface area contributed by atoms with Gasteiger partial charge in [-0.25, -0.2) is 4.98 Å². The van der Waals surface area contributed by atoms with Gasteiger partial charge in [-0.3, -0.25) is 0 Å². The van der Waals surface area contributed by atoms with Crippen LogP contribution in [-0.2, 0) is 4.74 Å². The number of hydrogen-bond donors (Lipinski definition) is 2. The van der Waals surface area contributed by atoms with Crippen molar-refractivity contribution in [2.75, 3.05) is 18.5 Å². The fraction of sp³-hybridized carbons (Fsp3) is 0.600. The van der Waals surface area contributed by atoms with E-state index in [4.69, 9.17) is 10.00 Å². The third-order valence-corrected chi connectivity index (χ3v) is 4.35. The number of rotatable bonds is 5. The second kappa shape index (κ2) is 5.39. The molecule has 0 amide bonds. The molecule has 1 aromatic rings. The summed E-state index contributed by atoms with van der Waals surface area (Å²) in [5.74, 6) is 0.660. The first-order valence-corrected chi connectivity index (χ1v) is 6.87. The fourth-order valence-corrected chi connectivity index (χ4v) is 2.56. The highest BCUT2D eigenvalue weighted by molar-refractivity contribution is 5.39. The smallest absolute Gasteiger partial charge is 0.126 e. The summed E-state index contributed by atoms with van der Waals surface area (Å²) in [7, 11) is 0. The Morgan fingerprint density at radius 3 is 2.80 bits per heavy atom. The summed E-state index contributed by atoms with van der Waals surface area (Å²) >= 11 is 0. The molecule has 0 bridgehead atoms. The van der Waals surface area contributed by atoms with E-state index in [1.807, 2.05) is 26.8 Å². The van der Waals surface area contributed by atoms with Crippen molar-refractivity contribution in [2.45, 2.75) is 38.9 Å². The number of nitrogens with one attached hydrogen (secondary N) is 1. The number of aromatic nitrogens is 1. The Labute approximate surface area is 119 Å². The van der Waals surface area contributed by atoms with Crippen LogP contribution in [0.1, 0.15) is 32.8 Å². The molecular formula is C15H21N3O2. The molecule has 1 heterocycles. The Hall–Kier alpha value is -1.64. The molecule has 0 aliphatic heterocycles. The largest absolute Gasteiger partial charge is 0.387 e. The van der Waals surface area contributed by atoms with Crippen LogP contribution in [0, 0.1) is 16.7 Å². The zero-order valence-corrected chi connectivity index (χ0v) is 12.2. The fourth-order valence-electron chi connectivity index (χ4n) is 2.56. The molecule has 20 heavy (non-hydrogen) atoms. The molecule has 1 saturated carbocycles. The average Bonchev–Trinajstić information content (AvgIpc) is 2.45. The molecule has 1 aromatic heterocycles. The summed E-state index contributed by atoms with van der Waals surface area (Å²) < 4.78 is 5.63. The molecule has 108 valence electrons. The quantitative estimate of drug-likeness (QED) is 0.858. The zero-order chi connectivity index (χ0) is 14.8. The molecule has 2 rings (SSSR count). The summed E-state index contributed by atoms with van der Waals surface area (Å²) in [5, 5.41) is 22.5. The van der Waals surface area contributed by atoms with Crippen molar-refractivity contribution < 1.29 is 9.84 Å². The Bertz CT molecular complexity index is 507. The molecule has 0 spiro atoms. The van der Waals surface area contributed by atoms with E-state index in [2.05, 4.69) is 10.3 Å². The van der Waals surface area contributed by atoms with Crippen LogP contribution in [0.3, 0.4) is 0 Å². The Balaban J connectivity index is 1.95. The van der Waals surface area contributed by atoms with Crippen LogP contribution in [0.25, 0.3) is 0 Å².